The van der Waals surface area contributed by atoms with Crippen LogP contribution in [0.15, 0.2) is 42.5 Å². The van der Waals surface area contributed by atoms with Gasteiger partial charge in [-0.15, -0.1) is 0 Å². The van der Waals surface area contributed by atoms with Crippen LogP contribution in [-0.4, -0.2) is 17.9 Å². The van der Waals surface area contributed by atoms with E-state index in [1.165, 1.54) is 30.4 Å². The predicted octanol–water partition coefficient (Wildman–Crippen LogP) is 3.64. The third-order valence-corrected chi connectivity index (χ3v) is 4.70. The first-order valence-electron chi connectivity index (χ1n) is 8.49. The summed E-state index contributed by atoms with van der Waals surface area (Å²) in [5.74, 6) is 0.120. The molecule has 0 atom stereocenters. The molecule has 1 amide bonds. The highest BCUT2D eigenvalue weighted by Crippen LogP contribution is 2.22. The lowest BCUT2D eigenvalue weighted by atomic mass is 9.90. The first kappa shape index (κ1) is 16.3. The van der Waals surface area contributed by atoms with Crippen LogP contribution in [0, 0.1) is 11.3 Å². The van der Waals surface area contributed by atoms with Gasteiger partial charge in [-0.2, -0.15) is 5.26 Å². The van der Waals surface area contributed by atoms with Crippen LogP contribution in [0.1, 0.15) is 40.7 Å². The number of rotatable bonds is 4. The van der Waals surface area contributed by atoms with Gasteiger partial charge >= 0.3 is 0 Å². The van der Waals surface area contributed by atoms with Crippen LogP contribution in [0.4, 0.5) is 0 Å². The first-order valence-corrected chi connectivity index (χ1v) is 8.49. The van der Waals surface area contributed by atoms with Gasteiger partial charge in [0, 0.05) is 13.6 Å². The number of carbonyl (C=O) groups is 1. The maximum atomic E-state index is 12.5. The second kappa shape index (κ2) is 7.31. The summed E-state index contributed by atoms with van der Waals surface area (Å²) in [5, 5.41) is 8.83. The van der Waals surface area contributed by atoms with E-state index >= 15 is 0 Å². The molecule has 3 rings (SSSR count). The Hall–Kier alpha value is -2.60. The molecule has 0 unspecified atom stereocenters. The smallest absolute Gasteiger partial charge is 0.227 e. The minimum Gasteiger partial charge on any atom is -0.341 e. The quantitative estimate of drug-likeness (QED) is 0.864. The minimum absolute atomic E-state index is 0.120. The summed E-state index contributed by atoms with van der Waals surface area (Å²) in [6.45, 7) is 0.565. The lowest BCUT2D eigenvalue weighted by Crippen LogP contribution is -2.27. The van der Waals surface area contributed by atoms with Crippen LogP contribution >= 0.6 is 0 Å². The Kier molecular flexibility index (Phi) is 4.96. The zero-order valence-corrected chi connectivity index (χ0v) is 14.1. The number of amides is 1. The van der Waals surface area contributed by atoms with Crippen molar-refractivity contribution < 1.29 is 4.79 Å². The van der Waals surface area contributed by atoms with E-state index in [0.29, 0.717) is 18.5 Å². The van der Waals surface area contributed by atoms with E-state index in [1.54, 1.807) is 17.0 Å². The second-order valence-corrected chi connectivity index (χ2v) is 6.55. The summed E-state index contributed by atoms with van der Waals surface area (Å²) in [4.78, 5) is 14.2. The molecular weight excluding hydrogens is 296 g/mol. The van der Waals surface area contributed by atoms with Crippen molar-refractivity contribution in [1.29, 1.82) is 5.26 Å². The summed E-state index contributed by atoms with van der Waals surface area (Å²) in [5.41, 5.74) is 5.65. The fourth-order valence-electron chi connectivity index (χ4n) is 3.25. The zero-order valence-electron chi connectivity index (χ0n) is 14.1. The summed E-state index contributed by atoms with van der Waals surface area (Å²) in [6.07, 6.45) is 5.28. The normalized spacial score (nSPS) is 13.0. The number of fused-ring (bicyclic) bond motifs is 1. The Morgan fingerprint density at radius 1 is 1.04 bits per heavy atom. The zero-order chi connectivity index (χ0) is 16.9. The van der Waals surface area contributed by atoms with Crippen LogP contribution in [-0.2, 0) is 30.6 Å². The van der Waals surface area contributed by atoms with Crippen molar-refractivity contribution in [3.05, 3.63) is 70.3 Å². The van der Waals surface area contributed by atoms with Crippen molar-refractivity contribution in [3.8, 4) is 6.07 Å². The highest BCUT2D eigenvalue weighted by Gasteiger charge is 2.13. The monoisotopic (exact) mass is 318 g/mol. The molecule has 122 valence electrons. The van der Waals surface area contributed by atoms with Gasteiger partial charge in [0.2, 0.25) is 5.91 Å². The lowest BCUT2D eigenvalue weighted by molar-refractivity contribution is -0.129. The maximum Gasteiger partial charge on any atom is 0.227 e. The van der Waals surface area contributed by atoms with E-state index in [4.69, 9.17) is 5.26 Å². The van der Waals surface area contributed by atoms with Crippen LogP contribution in [0.2, 0.25) is 0 Å². The summed E-state index contributed by atoms with van der Waals surface area (Å²) >= 11 is 0. The lowest BCUT2D eigenvalue weighted by Gasteiger charge is -2.19. The molecule has 0 aromatic heterocycles. The molecule has 0 saturated heterocycles. The van der Waals surface area contributed by atoms with Crippen molar-refractivity contribution in [2.45, 2.75) is 38.6 Å². The van der Waals surface area contributed by atoms with Gasteiger partial charge in [-0.05, 0) is 60.1 Å². The second-order valence-electron chi connectivity index (χ2n) is 6.55. The molecule has 0 bridgehead atoms. The Morgan fingerprint density at radius 3 is 2.42 bits per heavy atom. The molecule has 2 aromatic carbocycles. The number of carbonyl (C=O) groups excluding carboxylic acids is 1. The van der Waals surface area contributed by atoms with Gasteiger partial charge in [0.25, 0.3) is 0 Å². The highest BCUT2D eigenvalue weighted by molar-refractivity contribution is 5.78. The third-order valence-electron chi connectivity index (χ3n) is 4.70. The number of nitriles is 1. The molecule has 24 heavy (non-hydrogen) atoms. The summed E-state index contributed by atoms with van der Waals surface area (Å²) < 4.78 is 0. The molecule has 2 aromatic rings. The first-order chi connectivity index (χ1) is 11.7. The maximum absolute atomic E-state index is 12.5. The largest absolute Gasteiger partial charge is 0.341 e. The van der Waals surface area contributed by atoms with Gasteiger partial charge in [-0.1, -0.05) is 30.3 Å². The molecule has 0 radical (unpaired) electrons. The molecule has 0 fully saturated rings. The molecular formula is C21H22N2O. The minimum atomic E-state index is 0.120. The number of likely N-dealkylation sites (N-methyl/N-ethyl adjacent to an activating group) is 1. The van der Waals surface area contributed by atoms with E-state index < -0.39 is 0 Å². The highest BCUT2D eigenvalue weighted by atomic mass is 16.2. The Balaban J connectivity index is 1.62. The summed E-state index contributed by atoms with van der Waals surface area (Å²) in [7, 11) is 1.83. The Morgan fingerprint density at radius 2 is 1.71 bits per heavy atom. The van der Waals surface area contributed by atoms with E-state index in [1.807, 2.05) is 19.2 Å². The van der Waals surface area contributed by atoms with Crippen molar-refractivity contribution in [2.24, 2.45) is 0 Å². The van der Waals surface area contributed by atoms with Gasteiger partial charge in [-0.3, -0.25) is 4.79 Å². The molecule has 0 N–H and O–H groups in total. The van der Waals surface area contributed by atoms with E-state index in [2.05, 4.69) is 24.3 Å². The van der Waals surface area contributed by atoms with Crippen molar-refractivity contribution in [3.63, 3.8) is 0 Å². The predicted molar refractivity (Wildman–Crippen MR) is 94.4 cm³/mol. The van der Waals surface area contributed by atoms with Crippen LogP contribution in [0.5, 0.6) is 0 Å². The van der Waals surface area contributed by atoms with Gasteiger partial charge in [-0.25, -0.2) is 0 Å². The average molecular weight is 318 g/mol. The van der Waals surface area contributed by atoms with Crippen LogP contribution < -0.4 is 0 Å². The van der Waals surface area contributed by atoms with Gasteiger partial charge in [0.05, 0.1) is 18.1 Å². The topological polar surface area (TPSA) is 44.1 Å². The fraction of sp³-hybridized carbons (Fsp3) is 0.333. The van der Waals surface area contributed by atoms with Crippen molar-refractivity contribution in [2.75, 3.05) is 7.05 Å². The van der Waals surface area contributed by atoms with Gasteiger partial charge in [0.1, 0.15) is 0 Å². The van der Waals surface area contributed by atoms with Crippen molar-refractivity contribution >= 4 is 5.91 Å². The van der Waals surface area contributed by atoms with E-state index in [9.17, 15) is 4.79 Å². The number of hydrogen-bond donors (Lipinski definition) is 0. The number of nitrogens with zero attached hydrogens (tertiary/aromatic N) is 2. The standard InChI is InChI=1S/C21H22N2O/c1-23(15-17-8-6-16(14-22)7-9-17)21(24)13-18-10-11-19-4-2-3-5-20(19)12-18/h6-12H,2-5,13,15H2,1H3. The molecule has 3 heteroatoms. The molecule has 0 heterocycles. The molecule has 3 nitrogen and oxygen atoms in total. The Labute approximate surface area is 143 Å². The van der Waals surface area contributed by atoms with Crippen LogP contribution in [0.25, 0.3) is 0 Å². The van der Waals surface area contributed by atoms with Crippen molar-refractivity contribution in [1.82, 2.24) is 4.90 Å². The van der Waals surface area contributed by atoms with E-state index in [-0.39, 0.29) is 5.91 Å². The van der Waals surface area contributed by atoms with Crippen LogP contribution in [0.3, 0.4) is 0 Å². The third kappa shape index (κ3) is 3.83. The number of hydrogen-bond acceptors (Lipinski definition) is 2. The number of benzene rings is 2. The SMILES string of the molecule is CN(Cc1ccc(C#N)cc1)C(=O)Cc1ccc2c(c1)CCCC2. The fourth-order valence-corrected chi connectivity index (χ4v) is 3.25. The molecule has 0 saturated carbocycles. The molecule has 1 aliphatic rings. The summed E-state index contributed by atoms with van der Waals surface area (Å²) in [6, 6.07) is 16.0. The van der Waals surface area contributed by atoms with Gasteiger partial charge in [0.15, 0.2) is 0 Å². The molecule has 1 aliphatic carbocycles. The van der Waals surface area contributed by atoms with E-state index in [0.717, 1.165) is 17.5 Å². The number of aryl methyl sites for hydroxylation is 2. The average Bonchev–Trinajstić information content (AvgIpc) is 2.62. The Bertz CT molecular complexity index is 771. The molecule has 0 aliphatic heterocycles. The molecule has 0 spiro atoms. The van der Waals surface area contributed by atoms with Gasteiger partial charge < -0.3 is 4.90 Å².